The Morgan fingerprint density at radius 3 is 2.47 bits per heavy atom. The Balaban J connectivity index is 2.49. The zero-order valence-electron chi connectivity index (χ0n) is 11.8. The van der Waals surface area contributed by atoms with Gasteiger partial charge in [-0.2, -0.15) is 0 Å². The van der Waals surface area contributed by atoms with Gasteiger partial charge in [0.1, 0.15) is 0 Å². The molecule has 1 rings (SSSR count). The van der Waals surface area contributed by atoms with Gasteiger partial charge in [-0.3, -0.25) is 4.99 Å². The maximum atomic E-state index is 6.13. The van der Waals surface area contributed by atoms with Crippen LogP contribution in [0.25, 0.3) is 0 Å². The van der Waals surface area contributed by atoms with Gasteiger partial charge in [0.25, 0.3) is 0 Å². The van der Waals surface area contributed by atoms with Crippen LogP contribution in [0.2, 0.25) is 10.0 Å². The third kappa shape index (κ3) is 6.17. The number of guanidine groups is 1. The molecule has 3 nitrogen and oxygen atoms in total. The van der Waals surface area contributed by atoms with Crippen molar-refractivity contribution < 1.29 is 0 Å². The van der Waals surface area contributed by atoms with Crippen LogP contribution < -0.4 is 10.6 Å². The monoisotopic (exact) mass is 301 g/mol. The van der Waals surface area contributed by atoms with Crippen molar-refractivity contribution in [2.45, 2.75) is 32.7 Å². The zero-order chi connectivity index (χ0) is 14.5. The van der Waals surface area contributed by atoms with Crippen molar-refractivity contribution >= 4 is 29.2 Å². The topological polar surface area (TPSA) is 36.4 Å². The van der Waals surface area contributed by atoms with Crippen molar-refractivity contribution in [2.24, 2.45) is 4.99 Å². The minimum Gasteiger partial charge on any atom is -0.356 e. The normalized spacial score (nSPS) is 12.4. The first-order chi connectivity index (χ1) is 8.81. The molecule has 2 N–H and O–H groups in total. The number of benzene rings is 1. The highest BCUT2D eigenvalue weighted by Crippen LogP contribution is 2.20. The van der Waals surface area contributed by atoms with E-state index in [1.54, 1.807) is 13.1 Å². The fraction of sp³-hybridized carbons (Fsp3) is 0.500. The van der Waals surface area contributed by atoms with Gasteiger partial charge in [0.15, 0.2) is 5.96 Å². The maximum absolute atomic E-state index is 6.13. The molecule has 0 atom stereocenters. The highest BCUT2D eigenvalue weighted by Gasteiger charge is 2.11. The van der Waals surface area contributed by atoms with Gasteiger partial charge in [-0.15, -0.1) is 0 Å². The van der Waals surface area contributed by atoms with Gasteiger partial charge in [-0.25, -0.2) is 0 Å². The van der Waals surface area contributed by atoms with Crippen LogP contribution in [0.5, 0.6) is 0 Å². The number of hydrogen-bond acceptors (Lipinski definition) is 1. The summed E-state index contributed by atoms with van der Waals surface area (Å²) < 4.78 is 0. The second-order valence-electron chi connectivity index (χ2n) is 5.36. The lowest BCUT2D eigenvalue weighted by molar-refractivity contribution is 0.501. The number of rotatable bonds is 3. The standard InChI is InChI=1S/C14H21Cl2N3/c1-14(2,3)19-13(17-4)18-8-7-10-5-6-11(15)9-12(10)16/h5-6,9H,7-8H2,1-4H3,(H2,17,18,19). The van der Waals surface area contributed by atoms with Gasteiger partial charge in [0.2, 0.25) is 0 Å². The molecule has 0 spiro atoms. The van der Waals surface area contributed by atoms with E-state index in [1.807, 2.05) is 12.1 Å². The van der Waals surface area contributed by atoms with Crippen molar-refractivity contribution in [1.82, 2.24) is 10.6 Å². The fourth-order valence-corrected chi connectivity index (χ4v) is 2.08. The molecule has 0 saturated carbocycles. The molecular formula is C14H21Cl2N3. The van der Waals surface area contributed by atoms with Crippen LogP contribution in [0.4, 0.5) is 0 Å². The molecule has 0 heterocycles. The average molecular weight is 302 g/mol. The smallest absolute Gasteiger partial charge is 0.191 e. The Hall–Kier alpha value is -0.930. The molecule has 106 valence electrons. The molecule has 0 aliphatic carbocycles. The van der Waals surface area contributed by atoms with E-state index in [0.29, 0.717) is 10.0 Å². The van der Waals surface area contributed by atoms with Gasteiger partial charge in [-0.1, -0.05) is 29.3 Å². The third-order valence-electron chi connectivity index (χ3n) is 2.42. The number of hydrogen-bond donors (Lipinski definition) is 2. The Morgan fingerprint density at radius 2 is 1.95 bits per heavy atom. The SMILES string of the molecule is CN=C(NCCc1ccc(Cl)cc1Cl)NC(C)(C)C. The molecule has 0 aliphatic rings. The predicted octanol–water partition coefficient (Wildman–Crippen LogP) is 3.50. The van der Waals surface area contributed by atoms with Crippen molar-refractivity contribution in [3.05, 3.63) is 33.8 Å². The third-order valence-corrected chi connectivity index (χ3v) is 3.01. The summed E-state index contributed by atoms with van der Waals surface area (Å²) in [6.45, 7) is 7.04. The van der Waals surface area contributed by atoms with Gasteiger partial charge >= 0.3 is 0 Å². The minimum absolute atomic E-state index is 0.0141. The number of halogens is 2. The molecule has 5 heteroatoms. The zero-order valence-corrected chi connectivity index (χ0v) is 13.4. The molecule has 0 aromatic heterocycles. The quantitative estimate of drug-likeness (QED) is 0.662. The van der Waals surface area contributed by atoms with Crippen LogP contribution in [-0.2, 0) is 6.42 Å². The summed E-state index contributed by atoms with van der Waals surface area (Å²) >= 11 is 12.0. The van der Waals surface area contributed by atoms with Crippen LogP contribution >= 0.6 is 23.2 Å². The summed E-state index contributed by atoms with van der Waals surface area (Å²) in [5, 5.41) is 7.93. The highest BCUT2D eigenvalue weighted by molar-refractivity contribution is 6.35. The van der Waals surface area contributed by atoms with Gasteiger partial charge < -0.3 is 10.6 Å². The molecular weight excluding hydrogens is 281 g/mol. The average Bonchev–Trinajstić information content (AvgIpc) is 2.29. The second-order valence-corrected chi connectivity index (χ2v) is 6.20. The molecule has 0 fully saturated rings. The van der Waals surface area contributed by atoms with E-state index < -0.39 is 0 Å². The minimum atomic E-state index is -0.0141. The van der Waals surface area contributed by atoms with E-state index in [1.165, 1.54) is 0 Å². The summed E-state index contributed by atoms with van der Waals surface area (Å²) in [4.78, 5) is 4.18. The molecule has 0 unspecified atom stereocenters. The van der Waals surface area contributed by atoms with E-state index in [9.17, 15) is 0 Å². The molecule has 0 aliphatic heterocycles. The van der Waals surface area contributed by atoms with Crippen LogP contribution in [0.15, 0.2) is 23.2 Å². The second kappa shape index (κ2) is 7.01. The number of nitrogens with zero attached hydrogens (tertiary/aromatic N) is 1. The summed E-state index contributed by atoms with van der Waals surface area (Å²) in [6, 6.07) is 5.57. The molecule has 1 aromatic carbocycles. The Bertz CT molecular complexity index is 450. The summed E-state index contributed by atoms with van der Waals surface area (Å²) in [6.07, 6.45) is 0.820. The Morgan fingerprint density at radius 1 is 1.26 bits per heavy atom. The molecule has 0 radical (unpaired) electrons. The first-order valence-corrected chi connectivity index (χ1v) is 7.00. The van der Waals surface area contributed by atoms with E-state index >= 15 is 0 Å². The molecule has 0 amide bonds. The highest BCUT2D eigenvalue weighted by atomic mass is 35.5. The molecule has 19 heavy (non-hydrogen) atoms. The molecule has 1 aromatic rings. The first kappa shape index (κ1) is 16.1. The number of aliphatic imine (C=N–C) groups is 1. The summed E-state index contributed by atoms with van der Waals surface area (Å²) in [7, 11) is 1.76. The van der Waals surface area contributed by atoms with E-state index in [-0.39, 0.29) is 5.54 Å². The fourth-order valence-electron chi connectivity index (χ4n) is 1.57. The van der Waals surface area contributed by atoms with Crippen molar-refractivity contribution in [3.8, 4) is 0 Å². The van der Waals surface area contributed by atoms with E-state index in [0.717, 1.165) is 24.5 Å². The van der Waals surface area contributed by atoms with Crippen LogP contribution in [0.3, 0.4) is 0 Å². The first-order valence-electron chi connectivity index (χ1n) is 6.24. The Kier molecular flexibility index (Phi) is 5.95. The molecule has 0 saturated heterocycles. The molecule has 0 bridgehead atoms. The van der Waals surface area contributed by atoms with Gasteiger partial charge in [0.05, 0.1) is 0 Å². The lowest BCUT2D eigenvalue weighted by Crippen LogP contribution is -2.48. The van der Waals surface area contributed by atoms with E-state index in [2.05, 4.69) is 36.4 Å². The predicted molar refractivity (Wildman–Crippen MR) is 84.4 cm³/mol. The Labute approximate surface area is 125 Å². The van der Waals surface area contributed by atoms with Crippen LogP contribution in [0, 0.1) is 0 Å². The maximum Gasteiger partial charge on any atom is 0.191 e. The van der Waals surface area contributed by atoms with Crippen molar-refractivity contribution in [2.75, 3.05) is 13.6 Å². The largest absolute Gasteiger partial charge is 0.356 e. The van der Waals surface area contributed by atoms with Gasteiger partial charge in [0, 0.05) is 29.2 Å². The van der Waals surface area contributed by atoms with Gasteiger partial charge in [-0.05, 0) is 44.9 Å². The lowest BCUT2D eigenvalue weighted by Gasteiger charge is -2.23. The summed E-state index contributed by atoms with van der Waals surface area (Å²) in [5.41, 5.74) is 1.06. The van der Waals surface area contributed by atoms with E-state index in [4.69, 9.17) is 23.2 Å². The lowest BCUT2D eigenvalue weighted by atomic mass is 10.1. The van der Waals surface area contributed by atoms with Crippen molar-refractivity contribution in [1.29, 1.82) is 0 Å². The van der Waals surface area contributed by atoms with Crippen LogP contribution in [0.1, 0.15) is 26.3 Å². The van der Waals surface area contributed by atoms with Crippen molar-refractivity contribution in [3.63, 3.8) is 0 Å². The number of nitrogens with one attached hydrogen (secondary N) is 2. The summed E-state index contributed by atoms with van der Waals surface area (Å²) in [5.74, 6) is 0.789. The van der Waals surface area contributed by atoms with Crippen LogP contribution in [-0.4, -0.2) is 25.1 Å².